The Morgan fingerprint density at radius 1 is 1.22 bits per heavy atom. The van der Waals surface area contributed by atoms with Gasteiger partial charge in [0.15, 0.2) is 0 Å². The molecule has 11 heteroatoms. The van der Waals surface area contributed by atoms with Crippen molar-refractivity contribution in [3.8, 4) is 0 Å². The number of carbonyl (C=O) groups is 4. The van der Waals surface area contributed by atoms with Crippen LogP contribution in [0.15, 0.2) is 30.3 Å². The highest BCUT2D eigenvalue weighted by Crippen LogP contribution is 2.51. The van der Waals surface area contributed by atoms with E-state index >= 15 is 0 Å². The molecule has 3 unspecified atom stereocenters. The van der Waals surface area contributed by atoms with E-state index in [4.69, 9.17) is 15.2 Å². The number of thioether (sulfide) groups is 1. The highest BCUT2D eigenvalue weighted by Gasteiger charge is 2.64. The Bertz CT molecular complexity index is 895. The van der Waals surface area contributed by atoms with E-state index in [1.54, 1.807) is 45.0 Å². The second-order valence-electron chi connectivity index (χ2n) is 7.94. The molecule has 2 heterocycles. The molecule has 0 aliphatic carbocycles. The SMILES string of the molecule is CCOC(=O)OC(C)OC(=O)[C@@H]1N2C(=O)C(NC(=O)C(N)c3ccccc3)[C@H]2SC1(C)C. The Hall–Kier alpha value is -2.79. The molecule has 5 atom stereocenters. The lowest BCUT2D eigenvalue weighted by Crippen LogP contribution is -2.71. The van der Waals surface area contributed by atoms with Crippen molar-refractivity contribution in [1.82, 2.24) is 10.2 Å². The summed E-state index contributed by atoms with van der Waals surface area (Å²) in [6.07, 6.45) is -2.14. The summed E-state index contributed by atoms with van der Waals surface area (Å²) in [6, 6.07) is 6.21. The number of carbonyl (C=O) groups excluding carboxylic acids is 4. The maximum atomic E-state index is 12.8. The molecule has 10 nitrogen and oxygen atoms in total. The maximum absolute atomic E-state index is 12.8. The first-order valence-corrected chi connectivity index (χ1v) is 11.1. The molecule has 3 N–H and O–H groups in total. The number of nitrogens with two attached hydrogens (primary N) is 1. The summed E-state index contributed by atoms with van der Waals surface area (Å²) in [5.41, 5.74) is 6.65. The molecular weight excluding hydrogens is 438 g/mol. The zero-order chi connectivity index (χ0) is 23.6. The maximum Gasteiger partial charge on any atom is 0.511 e. The highest BCUT2D eigenvalue weighted by atomic mass is 32.2. The van der Waals surface area contributed by atoms with Crippen LogP contribution in [0.5, 0.6) is 0 Å². The number of ether oxygens (including phenoxy) is 3. The van der Waals surface area contributed by atoms with Crippen LogP contribution in [-0.4, -0.2) is 63.9 Å². The third kappa shape index (κ3) is 4.68. The van der Waals surface area contributed by atoms with Gasteiger partial charge < -0.3 is 30.2 Å². The van der Waals surface area contributed by atoms with Crippen molar-refractivity contribution in [3.05, 3.63) is 35.9 Å². The van der Waals surface area contributed by atoms with Gasteiger partial charge in [0.2, 0.25) is 18.1 Å². The fourth-order valence-electron chi connectivity index (χ4n) is 3.72. The van der Waals surface area contributed by atoms with Gasteiger partial charge in [-0.15, -0.1) is 11.8 Å². The predicted octanol–water partition coefficient (Wildman–Crippen LogP) is 1.30. The summed E-state index contributed by atoms with van der Waals surface area (Å²) in [4.78, 5) is 51.0. The molecule has 0 saturated carbocycles. The summed E-state index contributed by atoms with van der Waals surface area (Å²) in [5.74, 6) is -1.58. The summed E-state index contributed by atoms with van der Waals surface area (Å²) in [6.45, 7) is 6.74. The fraction of sp³-hybridized carbons (Fsp3) is 0.524. The van der Waals surface area contributed by atoms with E-state index in [9.17, 15) is 19.2 Å². The van der Waals surface area contributed by atoms with E-state index in [1.165, 1.54) is 23.6 Å². The average Bonchev–Trinajstić information content (AvgIpc) is 2.99. The number of hydrogen-bond acceptors (Lipinski definition) is 9. The number of rotatable bonds is 7. The van der Waals surface area contributed by atoms with Crippen molar-refractivity contribution in [1.29, 1.82) is 0 Å². The van der Waals surface area contributed by atoms with Crippen LogP contribution in [0.4, 0.5) is 4.79 Å². The molecule has 2 fully saturated rings. The van der Waals surface area contributed by atoms with E-state index < -0.39 is 58.5 Å². The van der Waals surface area contributed by atoms with Crippen LogP contribution in [0.1, 0.15) is 39.3 Å². The lowest BCUT2D eigenvalue weighted by Gasteiger charge is -2.44. The number of fused-ring (bicyclic) bond motifs is 1. The number of amides is 2. The van der Waals surface area contributed by atoms with Crippen molar-refractivity contribution >= 4 is 35.7 Å². The lowest BCUT2D eigenvalue weighted by atomic mass is 9.95. The first-order valence-electron chi connectivity index (χ1n) is 10.2. The van der Waals surface area contributed by atoms with Gasteiger partial charge in [0.1, 0.15) is 23.5 Å². The van der Waals surface area contributed by atoms with Crippen LogP contribution < -0.4 is 11.1 Å². The predicted molar refractivity (Wildman–Crippen MR) is 115 cm³/mol. The average molecular weight is 466 g/mol. The summed E-state index contributed by atoms with van der Waals surface area (Å²) < 4.78 is 14.0. The lowest BCUT2D eigenvalue weighted by molar-refractivity contribution is -0.180. The van der Waals surface area contributed by atoms with Gasteiger partial charge in [-0.1, -0.05) is 30.3 Å². The van der Waals surface area contributed by atoms with Crippen LogP contribution in [0.3, 0.4) is 0 Å². The smallest absolute Gasteiger partial charge is 0.435 e. The van der Waals surface area contributed by atoms with Gasteiger partial charge in [-0.05, 0) is 26.3 Å². The van der Waals surface area contributed by atoms with Gasteiger partial charge in [-0.3, -0.25) is 9.59 Å². The van der Waals surface area contributed by atoms with Gasteiger partial charge in [0.05, 0.1) is 6.61 Å². The Morgan fingerprint density at radius 3 is 2.50 bits per heavy atom. The number of nitrogens with one attached hydrogen (secondary N) is 1. The molecule has 1 aromatic rings. The zero-order valence-electron chi connectivity index (χ0n) is 18.3. The summed E-state index contributed by atoms with van der Waals surface area (Å²) >= 11 is 1.38. The Kier molecular flexibility index (Phi) is 6.99. The Labute approximate surface area is 190 Å². The summed E-state index contributed by atoms with van der Waals surface area (Å²) in [5, 5.41) is 2.26. The monoisotopic (exact) mass is 465 g/mol. The molecule has 2 aliphatic rings. The quantitative estimate of drug-likeness (QED) is 0.347. The number of benzene rings is 1. The molecule has 2 saturated heterocycles. The van der Waals surface area contributed by atoms with Crippen LogP contribution in [-0.2, 0) is 28.6 Å². The molecule has 0 radical (unpaired) electrons. The molecule has 2 aliphatic heterocycles. The van der Waals surface area contributed by atoms with Crippen molar-refractivity contribution < 1.29 is 33.4 Å². The molecular formula is C21H27N3O7S. The van der Waals surface area contributed by atoms with Crippen molar-refractivity contribution in [3.63, 3.8) is 0 Å². The molecule has 32 heavy (non-hydrogen) atoms. The van der Waals surface area contributed by atoms with E-state index in [-0.39, 0.29) is 6.61 Å². The van der Waals surface area contributed by atoms with Gasteiger partial charge in [0, 0.05) is 11.7 Å². The molecule has 174 valence electrons. The van der Waals surface area contributed by atoms with Crippen LogP contribution in [0, 0.1) is 0 Å². The van der Waals surface area contributed by atoms with Crippen LogP contribution in [0.2, 0.25) is 0 Å². The fourth-order valence-corrected chi connectivity index (χ4v) is 5.34. The minimum atomic E-state index is -1.18. The van der Waals surface area contributed by atoms with Crippen molar-refractivity contribution in [2.24, 2.45) is 5.73 Å². The molecule has 0 bridgehead atoms. The third-order valence-corrected chi connectivity index (χ3v) is 6.78. The second kappa shape index (κ2) is 9.37. The normalized spacial score (nSPS) is 25.1. The number of esters is 1. The first kappa shape index (κ1) is 23.9. The summed E-state index contributed by atoms with van der Waals surface area (Å²) in [7, 11) is 0. The molecule has 0 spiro atoms. The zero-order valence-corrected chi connectivity index (χ0v) is 19.1. The van der Waals surface area contributed by atoms with Gasteiger partial charge in [-0.25, -0.2) is 9.59 Å². The molecule has 0 aromatic heterocycles. The van der Waals surface area contributed by atoms with Crippen LogP contribution in [0.25, 0.3) is 0 Å². The molecule has 1 aromatic carbocycles. The largest absolute Gasteiger partial charge is 0.511 e. The minimum Gasteiger partial charge on any atom is -0.435 e. The first-order chi connectivity index (χ1) is 15.1. The topological polar surface area (TPSA) is 137 Å². The highest BCUT2D eigenvalue weighted by molar-refractivity contribution is 8.01. The van der Waals surface area contributed by atoms with E-state index in [0.717, 1.165) is 0 Å². The Balaban J connectivity index is 1.63. The molecule has 2 amide bonds. The van der Waals surface area contributed by atoms with Crippen molar-refractivity contribution in [2.45, 2.75) is 62.2 Å². The minimum absolute atomic E-state index is 0.122. The third-order valence-electron chi connectivity index (χ3n) is 5.21. The van der Waals surface area contributed by atoms with Crippen molar-refractivity contribution in [2.75, 3.05) is 6.61 Å². The standard InChI is InChI=1S/C21H27N3O7S/c1-5-29-20(28)31-11(2)30-19(27)15-21(3,4)32-18-14(17(26)24(15)18)23-16(25)13(22)12-9-7-6-8-10-12/h6-11,13-15,18H,5,22H2,1-4H3,(H,23,25)/t11?,13?,14?,15-,18+/m0/s1. The number of hydrogen-bond donors (Lipinski definition) is 2. The van der Waals surface area contributed by atoms with Gasteiger partial charge >= 0.3 is 12.1 Å². The van der Waals surface area contributed by atoms with E-state index in [2.05, 4.69) is 10.1 Å². The van der Waals surface area contributed by atoms with Crippen LogP contribution >= 0.6 is 11.8 Å². The number of nitrogens with zero attached hydrogens (tertiary/aromatic N) is 1. The van der Waals surface area contributed by atoms with Gasteiger partial charge in [-0.2, -0.15) is 0 Å². The van der Waals surface area contributed by atoms with E-state index in [1.807, 2.05) is 6.07 Å². The Morgan fingerprint density at radius 2 is 1.88 bits per heavy atom. The second-order valence-corrected chi connectivity index (χ2v) is 9.71. The number of β-lactam (4-membered cyclic amide) rings is 1. The van der Waals surface area contributed by atoms with Gasteiger partial charge in [0.25, 0.3) is 0 Å². The molecule has 3 rings (SSSR count). The van der Waals surface area contributed by atoms with E-state index in [0.29, 0.717) is 5.56 Å².